The number of fused-ring (bicyclic) bond motifs is 1. The van der Waals surface area contributed by atoms with Gasteiger partial charge in [0.1, 0.15) is 0 Å². The van der Waals surface area contributed by atoms with Crippen LogP contribution in [0.4, 0.5) is 0 Å². The molecule has 0 amide bonds. The Labute approximate surface area is 94.0 Å². The summed E-state index contributed by atoms with van der Waals surface area (Å²) in [7, 11) is 0. The first-order valence-electron chi connectivity index (χ1n) is 4.86. The van der Waals surface area contributed by atoms with Crippen molar-refractivity contribution in [3.05, 3.63) is 18.2 Å². The lowest BCUT2D eigenvalue weighted by Crippen LogP contribution is -1.97. The van der Waals surface area contributed by atoms with Crippen LogP contribution in [0.5, 0.6) is 11.5 Å². The molecule has 0 radical (unpaired) electrons. The highest BCUT2D eigenvalue weighted by atomic mass is 32.2. The third kappa shape index (κ3) is 2.60. The molecule has 0 bridgehead atoms. The molecule has 1 aromatic rings. The predicted octanol–water partition coefficient (Wildman–Crippen LogP) is 2.57. The summed E-state index contributed by atoms with van der Waals surface area (Å²) in [5.41, 5.74) is 0. The summed E-state index contributed by atoms with van der Waals surface area (Å²) in [5.74, 6) is 4.94. The van der Waals surface area contributed by atoms with Gasteiger partial charge in [-0.3, -0.25) is 0 Å². The Balaban J connectivity index is 2.17. The molecule has 2 rings (SSSR count). The van der Waals surface area contributed by atoms with E-state index in [9.17, 15) is 0 Å². The molecule has 1 aliphatic heterocycles. The lowest BCUT2D eigenvalue weighted by molar-refractivity contribution is 0.297. The summed E-state index contributed by atoms with van der Waals surface area (Å²) in [6.45, 7) is 1.44. The molecule has 0 unspecified atom stereocenters. The maximum absolute atomic E-state index is 5.58. The molecule has 1 heterocycles. The molecule has 0 spiro atoms. The van der Waals surface area contributed by atoms with Gasteiger partial charge in [-0.25, -0.2) is 0 Å². The minimum Gasteiger partial charge on any atom is -0.490 e. The Morgan fingerprint density at radius 2 is 2.07 bits per heavy atom. The third-order valence-electron chi connectivity index (χ3n) is 2.04. The van der Waals surface area contributed by atoms with Crippen molar-refractivity contribution in [1.29, 1.82) is 0 Å². The fraction of sp³-hybridized carbons (Fsp3) is 0.333. The monoisotopic (exact) mass is 220 g/mol. The van der Waals surface area contributed by atoms with Crippen molar-refractivity contribution in [2.24, 2.45) is 0 Å². The third-order valence-corrected chi connectivity index (χ3v) is 2.94. The smallest absolute Gasteiger partial charge is 0.162 e. The van der Waals surface area contributed by atoms with Gasteiger partial charge >= 0.3 is 0 Å². The first kappa shape index (κ1) is 10.3. The fourth-order valence-electron chi connectivity index (χ4n) is 1.36. The lowest BCUT2D eigenvalue weighted by Gasteiger charge is -2.08. The van der Waals surface area contributed by atoms with Gasteiger partial charge in [0, 0.05) is 11.3 Å². The van der Waals surface area contributed by atoms with Gasteiger partial charge in [-0.15, -0.1) is 18.2 Å². The van der Waals surface area contributed by atoms with E-state index in [4.69, 9.17) is 15.9 Å². The first-order valence-corrected chi connectivity index (χ1v) is 5.84. The highest BCUT2D eigenvalue weighted by molar-refractivity contribution is 7.99. The van der Waals surface area contributed by atoms with Crippen molar-refractivity contribution in [3.8, 4) is 23.8 Å². The molecule has 15 heavy (non-hydrogen) atoms. The van der Waals surface area contributed by atoms with E-state index in [1.54, 1.807) is 11.8 Å². The van der Waals surface area contributed by atoms with Crippen LogP contribution < -0.4 is 9.47 Å². The summed E-state index contributed by atoms with van der Waals surface area (Å²) >= 11 is 1.63. The Hall–Kier alpha value is -1.27. The van der Waals surface area contributed by atoms with Crippen molar-refractivity contribution in [1.82, 2.24) is 0 Å². The second-order valence-corrected chi connectivity index (χ2v) is 4.20. The summed E-state index contributed by atoms with van der Waals surface area (Å²) in [4.78, 5) is 1.12. The molecule has 0 aliphatic carbocycles. The second-order valence-electron chi connectivity index (χ2n) is 3.15. The van der Waals surface area contributed by atoms with E-state index in [1.165, 1.54) is 0 Å². The standard InChI is InChI=1S/C12H12O2S/c1-2-8-15-10-4-5-11-12(9-10)14-7-3-6-13-11/h1,4-5,9H,3,6-8H2. The molecule has 78 valence electrons. The van der Waals surface area contributed by atoms with E-state index >= 15 is 0 Å². The van der Waals surface area contributed by atoms with Crippen molar-refractivity contribution >= 4 is 11.8 Å². The summed E-state index contributed by atoms with van der Waals surface area (Å²) in [6.07, 6.45) is 6.14. The molecule has 0 fully saturated rings. The van der Waals surface area contributed by atoms with Gasteiger partial charge in [0.2, 0.25) is 0 Å². The molecular weight excluding hydrogens is 208 g/mol. The van der Waals surface area contributed by atoms with Crippen molar-refractivity contribution in [2.75, 3.05) is 19.0 Å². The van der Waals surface area contributed by atoms with Crippen LogP contribution >= 0.6 is 11.8 Å². The molecule has 2 nitrogen and oxygen atoms in total. The van der Waals surface area contributed by atoms with Crippen LogP contribution in [-0.4, -0.2) is 19.0 Å². The van der Waals surface area contributed by atoms with E-state index in [1.807, 2.05) is 18.2 Å². The minimum atomic E-state index is 0.680. The average molecular weight is 220 g/mol. The Kier molecular flexibility index (Phi) is 3.41. The Bertz CT molecular complexity index is 382. The maximum Gasteiger partial charge on any atom is 0.162 e. The van der Waals surface area contributed by atoms with Gasteiger partial charge in [-0.05, 0) is 18.2 Å². The highest BCUT2D eigenvalue weighted by Crippen LogP contribution is 2.33. The largest absolute Gasteiger partial charge is 0.490 e. The first-order chi connectivity index (χ1) is 7.40. The fourth-order valence-corrected chi connectivity index (χ4v) is 1.96. The molecule has 0 saturated heterocycles. The van der Waals surface area contributed by atoms with Gasteiger partial charge < -0.3 is 9.47 Å². The molecule has 1 aromatic carbocycles. The SMILES string of the molecule is C#CCSc1ccc2c(c1)OCCCO2. The van der Waals surface area contributed by atoms with E-state index < -0.39 is 0 Å². The normalized spacial score (nSPS) is 14.1. The van der Waals surface area contributed by atoms with E-state index in [-0.39, 0.29) is 0 Å². The van der Waals surface area contributed by atoms with Crippen LogP contribution in [0.3, 0.4) is 0 Å². The number of ether oxygens (including phenoxy) is 2. The van der Waals surface area contributed by atoms with Crippen molar-refractivity contribution < 1.29 is 9.47 Å². The molecule has 0 N–H and O–H groups in total. The van der Waals surface area contributed by atoms with Crippen LogP contribution in [0.1, 0.15) is 6.42 Å². The number of benzene rings is 1. The number of thioether (sulfide) groups is 1. The predicted molar refractivity (Wildman–Crippen MR) is 61.6 cm³/mol. The molecule has 0 saturated carbocycles. The second kappa shape index (κ2) is 4.99. The average Bonchev–Trinajstić information content (AvgIpc) is 2.50. The molecule has 0 atom stereocenters. The number of terminal acetylenes is 1. The van der Waals surface area contributed by atoms with Crippen molar-refractivity contribution in [3.63, 3.8) is 0 Å². The van der Waals surface area contributed by atoms with Crippen LogP contribution in [0.25, 0.3) is 0 Å². The summed E-state index contributed by atoms with van der Waals surface area (Å²) in [6, 6.07) is 5.94. The Morgan fingerprint density at radius 1 is 1.27 bits per heavy atom. The zero-order chi connectivity index (χ0) is 10.5. The van der Waals surface area contributed by atoms with E-state index in [0.29, 0.717) is 5.75 Å². The Morgan fingerprint density at radius 3 is 2.87 bits per heavy atom. The van der Waals surface area contributed by atoms with E-state index in [2.05, 4.69) is 5.92 Å². The number of hydrogen-bond acceptors (Lipinski definition) is 3. The van der Waals surface area contributed by atoms with Crippen LogP contribution in [0.15, 0.2) is 23.1 Å². The van der Waals surface area contributed by atoms with Gasteiger partial charge in [-0.2, -0.15) is 0 Å². The van der Waals surface area contributed by atoms with E-state index in [0.717, 1.165) is 36.0 Å². The topological polar surface area (TPSA) is 18.5 Å². The number of rotatable bonds is 2. The zero-order valence-electron chi connectivity index (χ0n) is 8.36. The van der Waals surface area contributed by atoms with Crippen LogP contribution in [-0.2, 0) is 0 Å². The summed E-state index contributed by atoms with van der Waals surface area (Å²) in [5, 5.41) is 0. The highest BCUT2D eigenvalue weighted by Gasteiger charge is 2.10. The molecule has 1 aliphatic rings. The van der Waals surface area contributed by atoms with Gasteiger partial charge in [0.05, 0.1) is 19.0 Å². The minimum absolute atomic E-state index is 0.680. The molecule has 0 aromatic heterocycles. The van der Waals surface area contributed by atoms with Gasteiger partial charge in [-0.1, -0.05) is 5.92 Å². The quantitative estimate of drug-likeness (QED) is 0.564. The van der Waals surface area contributed by atoms with Crippen molar-refractivity contribution in [2.45, 2.75) is 11.3 Å². The van der Waals surface area contributed by atoms with Crippen LogP contribution in [0.2, 0.25) is 0 Å². The van der Waals surface area contributed by atoms with Crippen LogP contribution in [0, 0.1) is 12.3 Å². The van der Waals surface area contributed by atoms with Gasteiger partial charge in [0.25, 0.3) is 0 Å². The number of hydrogen-bond donors (Lipinski definition) is 0. The lowest BCUT2D eigenvalue weighted by atomic mass is 10.3. The van der Waals surface area contributed by atoms with Gasteiger partial charge in [0.15, 0.2) is 11.5 Å². The molecular formula is C12H12O2S. The zero-order valence-corrected chi connectivity index (χ0v) is 9.18. The maximum atomic E-state index is 5.58. The molecule has 3 heteroatoms. The summed E-state index contributed by atoms with van der Waals surface area (Å²) < 4.78 is 11.1.